The Kier molecular flexibility index (Phi) is 3.29. The van der Waals surface area contributed by atoms with E-state index < -0.39 is 0 Å². The number of nitrogens with two attached hydrogens (primary N) is 1. The minimum atomic E-state index is 0.169. The first-order chi connectivity index (χ1) is 7.72. The highest BCUT2D eigenvalue weighted by Gasteiger charge is 2.26. The van der Waals surface area contributed by atoms with E-state index in [-0.39, 0.29) is 6.61 Å². The Morgan fingerprint density at radius 3 is 2.81 bits per heavy atom. The molecule has 1 heterocycles. The Morgan fingerprint density at radius 1 is 1.56 bits per heavy atom. The molecule has 16 heavy (non-hydrogen) atoms. The Labute approximate surface area is 96.1 Å². The molecular formula is C12H19N3O. The van der Waals surface area contributed by atoms with Gasteiger partial charge in [0.25, 0.3) is 0 Å². The molecule has 0 saturated heterocycles. The van der Waals surface area contributed by atoms with Crippen molar-refractivity contribution in [2.24, 2.45) is 0 Å². The number of aromatic nitrogens is 1. The Bertz CT molecular complexity index is 363. The van der Waals surface area contributed by atoms with Gasteiger partial charge in [0.15, 0.2) is 0 Å². The first-order valence-electron chi connectivity index (χ1n) is 5.82. The van der Waals surface area contributed by atoms with Crippen molar-refractivity contribution >= 4 is 11.5 Å². The molecule has 1 aliphatic rings. The van der Waals surface area contributed by atoms with Gasteiger partial charge in [-0.05, 0) is 37.8 Å². The highest BCUT2D eigenvalue weighted by molar-refractivity contribution is 5.53. The second-order valence-electron chi connectivity index (χ2n) is 4.41. The first-order valence-corrected chi connectivity index (χ1v) is 5.82. The number of nitrogen functional groups attached to an aromatic ring is 1. The van der Waals surface area contributed by atoms with Crippen LogP contribution in [0.2, 0.25) is 0 Å². The number of anilines is 2. The molecule has 0 aliphatic heterocycles. The van der Waals surface area contributed by atoms with Gasteiger partial charge in [-0.15, -0.1) is 0 Å². The molecule has 0 spiro atoms. The van der Waals surface area contributed by atoms with Crippen LogP contribution in [0.3, 0.4) is 0 Å². The first kappa shape index (κ1) is 11.2. The van der Waals surface area contributed by atoms with Crippen molar-refractivity contribution in [2.45, 2.75) is 32.2 Å². The smallest absolute Gasteiger partial charge is 0.131 e. The van der Waals surface area contributed by atoms with Crippen molar-refractivity contribution in [3.63, 3.8) is 0 Å². The molecule has 3 N–H and O–H groups in total. The maximum Gasteiger partial charge on any atom is 0.131 e. The number of nitrogens with zero attached hydrogens (tertiary/aromatic N) is 2. The third-order valence-electron chi connectivity index (χ3n) is 3.20. The van der Waals surface area contributed by atoms with Gasteiger partial charge in [-0.3, -0.25) is 0 Å². The summed E-state index contributed by atoms with van der Waals surface area (Å²) in [5.74, 6) is 0.966. The number of aryl methyl sites for hydroxylation is 1. The van der Waals surface area contributed by atoms with Gasteiger partial charge in [0, 0.05) is 12.6 Å². The summed E-state index contributed by atoms with van der Waals surface area (Å²) in [6.45, 7) is 2.84. The number of aliphatic hydroxyl groups is 1. The third kappa shape index (κ3) is 2.11. The Balaban J connectivity index is 2.23. The average Bonchev–Trinajstić information content (AvgIpc) is 2.14. The summed E-state index contributed by atoms with van der Waals surface area (Å²) in [6, 6.07) is 2.48. The van der Waals surface area contributed by atoms with Gasteiger partial charge < -0.3 is 15.7 Å². The van der Waals surface area contributed by atoms with E-state index in [1.165, 1.54) is 19.3 Å². The van der Waals surface area contributed by atoms with Crippen molar-refractivity contribution in [3.8, 4) is 0 Å². The zero-order valence-electron chi connectivity index (χ0n) is 9.69. The van der Waals surface area contributed by atoms with Gasteiger partial charge in [-0.2, -0.15) is 0 Å². The predicted molar refractivity (Wildman–Crippen MR) is 65.5 cm³/mol. The number of pyridine rings is 1. The molecule has 0 bridgehead atoms. The van der Waals surface area contributed by atoms with Crippen molar-refractivity contribution in [1.29, 1.82) is 0 Å². The summed E-state index contributed by atoms with van der Waals surface area (Å²) in [6.07, 6.45) is 5.36. The van der Waals surface area contributed by atoms with Crippen molar-refractivity contribution in [1.82, 2.24) is 4.98 Å². The van der Waals surface area contributed by atoms with Crippen LogP contribution in [0.1, 0.15) is 24.8 Å². The minimum Gasteiger partial charge on any atom is -0.397 e. The van der Waals surface area contributed by atoms with Gasteiger partial charge in [-0.25, -0.2) is 4.98 Å². The summed E-state index contributed by atoms with van der Waals surface area (Å²) in [4.78, 5) is 6.60. The highest BCUT2D eigenvalue weighted by atomic mass is 16.3. The molecule has 88 valence electrons. The SMILES string of the molecule is Cc1cc(N)cnc1N(CCO)C1CCC1. The van der Waals surface area contributed by atoms with Crippen LogP contribution < -0.4 is 10.6 Å². The largest absolute Gasteiger partial charge is 0.397 e. The molecule has 0 atom stereocenters. The molecule has 4 heteroatoms. The quantitative estimate of drug-likeness (QED) is 0.805. The number of hydrogen-bond acceptors (Lipinski definition) is 4. The predicted octanol–water partition coefficient (Wildman–Crippen LogP) is 1.32. The lowest BCUT2D eigenvalue weighted by Crippen LogP contribution is -2.42. The molecule has 4 nitrogen and oxygen atoms in total. The van der Waals surface area contributed by atoms with Crippen LogP contribution in [0, 0.1) is 6.92 Å². The average molecular weight is 221 g/mol. The fourth-order valence-electron chi connectivity index (χ4n) is 2.16. The van der Waals surface area contributed by atoms with E-state index in [2.05, 4.69) is 9.88 Å². The van der Waals surface area contributed by atoms with Gasteiger partial charge in [0.1, 0.15) is 5.82 Å². The molecule has 1 aliphatic carbocycles. The number of rotatable bonds is 4. The second-order valence-corrected chi connectivity index (χ2v) is 4.41. The molecule has 2 rings (SSSR count). The van der Waals surface area contributed by atoms with E-state index in [0.29, 0.717) is 18.3 Å². The summed E-state index contributed by atoms with van der Waals surface area (Å²) in [5.41, 5.74) is 7.47. The van der Waals surface area contributed by atoms with E-state index in [9.17, 15) is 0 Å². The fourth-order valence-corrected chi connectivity index (χ4v) is 2.16. The summed E-state index contributed by atoms with van der Waals surface area (Å²) < 4.78 is 0. The topological polar surface area (TPSA) is 62.4 Å². The standard InChI is InChI=1S/C12H19N3O/c1-9-7-10(13)8-14-12(9)15(5-6-16)11-3-2-4-11/h7-8,11,16H,2-6,13H2,1H3. The number of aliphatic hydroxyl groups excluding tert-OH is 1. The van der Waals surface area contributed by atoms with E-state index in [1.807, 2.05) is 13.0 Å². The summed E-state index contributed by atoms with van der Waals surface area (Å²) in [5, 5.41) is 9.12. The second kappa shape index (κ2) is 4.70. The van der Waals surface area contributed by atoms with Crippen LogP contribution in [0.5, 0.6) is 0 Å². The van der Waals surface area contributed by atoms with Gasteiger partial charge in [-0.1, -0.05) is 0 Å². The van der Waals surface area contributed by atoms with Crippen LogP contribution >= 0.6 is 0 Å². The van der Waals surface area contributed by atoms with Crippen LogP contribution in [0.25, 0.3) is 0 Å². The van der Waals surface area contributed by atoms with E-state index in [4.69, 9.17) is 10.8 Å². The van der Waals surface area contributed by atoms with E-state index >= 15 is 0 Å². The molecule has 0 amide bonds. The fraction of sp³-hybridized carbons (Fsp3) is 0.583. The van der Waals surface area contributed by atoms with Crippen molar-refractivity contribution in [2.75, 3.05) is 23.8 Å². The van der Waals surface area contributed by atoms with Crippen LogP contribution in [-0.4, -0.2) is 29.3 Å². The normalized spacial score (nSPS) is 15.9. The minimum absolute atomic E-state index is 0.169. The van der Waals surface area contributed by atoms with Crippen molar-refractivity contribution < 1.29 is 5.11 Å². The zero-order valence-corrected chi connectivity index (χ0v) is 9.69. The van der Waals surface area contributed by atoms with Gasteiger partial charge in [0.05, 0.1) is 18.5 Å². The molecular weight excluding hydrogens is 202 g/mol. The maximum absolute atomic E-state index is 9.12. The lowest BCUT2D eigenvalue weighted by atomic mass is 9.91. The number of hydrogen-bond donors (Lipinski definition) is 2. The molecule has 0 aromatic carbocycles. The lowest BCUT2D eigenvalue weighted by Gasteiger charge is -2.38. The molecule has 1 fully saturated rings. The van der Waals surface area contributed by atoms with Gasteiger partial charge >= 0.3 is 0 Å². The Hall–Kier alpha value is -1.29. The van der Waals surface area contributed by atoms with Crippen LogP contribution in [0.15, 0.2) is 12.3 Å². The maximum atomic E-state index is 9.12. The molecule has 1 aromatic heterocycles. The van der Waals surface area contributed by atoms with E-state index in [0.717, 1.165) is 11.4 Å². The van der Waals surface area contributed by atoms with E-state index in [1.54, 1.807) is 6.20 Å². The van der Waals surface area contributed by atoms with Gasteiger partial charge in [0.2, 0.25) is 0 Å². The van der Waals surface area contributed by atoms with Crippen LogP contribution in [0.4, 0.5) is 11.5 Å². The third-order valence-corrected chi connectivity index (χ3v) is 3.20. The molecule has 0 radical (unpaired) electrons. The summed E-state index contributed by atoms with van der Waals surface area (Å²) in [7, 11) is 0. The zero-order chi connectivity index (χ0) is 11.5. The molecule has 1 saturated carbocycles. The highest BCUT2D eigenvalue weighted by Crippen LogP contribution is 2.30. The molecule has 1 aromatic rings. The monoisotopic (exact) mass is 221 g/mol. The lowest BCUT2D eigenvalue weighted by molar-refractivity contribution is 0.283. The molecule has 0 unspecified atom stereocenters. The summed E-state index contributed by atoms with van der Waals surface area (Å²) >= 11 is 0. The van der Waals surface area contributed by atoms with Crippen molar-refractivity contribution in [3.05, 3.63) is 17.8 Å². The van der Waals surface area contributed by atoms with Crippen LogP contribution in [-0.2, 0) is 0 Å². The Morgan fingerprint density at radius 2 is 2.31 bits per heavy atom.